The standard InChI is InChI=1S/C11H18N4O/c1-13-10(16)5-7-15(2)8-9-4-3-6-14-11(9)12/h3-4,6H,5,7-8H2,1-2H3,(H2,12,14)(H,13,16). The number of nitrogens with zero attached hydrogens (tertiary/aromatic N) is 2. The van der Waals surface area contributed by atoms with Crippen LogP contribution in [0.4, 0.5) is 5.82 Å². The highest BCUT2D eigenvalue weighted by Crippen LogP contribution is 2.09. The third kappa shape index (κ3) is 3.86. The van der Waals surface area contributed by atoms with Crippen molar-refractivity contribution >= 4 is 11.7 Å². The predicted octanol–water partition coefficient (Wildman–Crippen LogP) is 0.232. The van der Waals surface area contributed by atoms with Gasteiger partial charge in [0.05, 0.1) is 0 Å². The minimum atomic E-state index is 0.0472. The van der Waals surface area contributed by atoms with Crippen molar-refractivity contribution in [2.75, 3.05) is 26.4 Å². The van der Waals surface area contributed by atoms with Crippen LogP contribution in [-0.4, -0.2) is 36.4 Å². The Morgan fingerprint density at radius 1 is 1.62 bits per heavy atom. The zero-order valence-electron chi connectivity index (χ0n) is 9.73. The Morgan fingerprint density at radius 3 is 3.00 bits per heavy atom. The molecular weight excluding hydrogens is 204 g/mol. The number of rotatable bonds is 5. The lowest BCUT2D eigenvalue weighted by Gasteiger charge is -2.16. The van der Waals surface area contributed by atoms with Gasteiger partial charge in [-0.15, -0.1) is 0 Å². The van der Waals surface area contributed by atoms with Gasteiger partial charge in [-0.1, -0.05) is 6.07 Å². The van der Waals surface area contributed by atoms with E-state index >= 15 is 0 Å². The van der Waals surface area contributed by atoms with E-state index in [1.165, 1.54) is 0 Å². The molecule has 88 valence electrons. The quantitative estimate of drug-likeness (QED) is 0.748. The number of amides is 1. The third-order valence-electron chi connectivity index (χ3n) is 2.37. The van der Waals surface area contributed by atoms with Crippen molar-refractivity contribution in [3.05, 3.63) is 23.9 Å². The summed E-state index contributed by atoms with van der Waals surface area (Å²) in [7, 11) is 3.59. The van der Waals surface area contributed by atoms with Crippen LogP contribution in [0.5, 0.6) is 0 Å². The van der Waals surface area contributed by atoms with E-state index in [0.29, 0.717) is 25.3 Å². The molecule has 5 heteroatoms. The summed E-state index contributed by atoms with van der Waals surface area (Å²) in [6, 6.07) is 3.80. The molecular formula is C11H18N4O. The van der Waals surface area contributed by atoms with E-state index in [-0.39, 0.29) is 5.91 Å². The van der Waals surface area contributed by atoms with Gasteiger partial charge in [0.2, 0.25) is 5.91 Å². The number of carbonyl (C=O) groups is 1. The van der Waals surface area contributed by atoms with Gasteiger partial charge < -0.3 is 16.0 Å². The van der Waals surface area contributed by atoms with Crippen LogP contribution in [0.15, 0.2) is 18.3 Å². The van der Waals surface area contributed by atoms with E-state index in [1.807, 2.05) is 24.1 Å². The molecule has 0 atom stereocenters. The molecule has 16 heavy (non-hydrogen) atoms. The highest BCUT2D eigenvalue weighted by molar-refractivity contribution is 5.75. The van der Waals surface area contributed by atoms with Gasteiger partial charge in [0, 0.05) is 38.3 Å². The van der Waals surface area contributed by atoms with Crippen LogP contribution >= 0.6 is 0 Å². The molecule has 1 amide bonds. The molecule has 1 rings (SSSR count). The smallest absolute Gasteiger partial charge is 0.221 e. The van der Waals surface area contributed by atoms with Gasteiger partial charge in [-0.2, -0.15) is 0 Å². The summed E-state index contributed by atoms with van der Waals surface area (Å²) < 4.78 is 0. The van der Waals surface area contributed by atoms with E-state index < -0.39 is 0 Å². The lowest BCUT2D eigenvalue weighted by Crippen LogP contribution is -2.26. The van der Waals surface area contributed by atoms with Crippen LogP contribution in [0.2, 0.25) is 0 Å². The first-order chi connectivity index (χ1) is 7.63. The summed E-state index contributed by atoms with van der Waals surface area (Å²) in [6.45, 7) is 1.41. The number of nitrogens with two attached hydrogens (primary N) is 1. The number of aromatic nitrogens is 1. The molecule has 1 aromatic heterocycles. The highest BCUT2D eigenvalue weighted by atomic mass is 16.1. The maximum Gasteiger partial charge on any atom is 0.221 e. The number of nitrogens with one attached hydrogen (secondary N) is 1. The fraction of sp³-hybridized carbons (Fsp3) is 0.455. The molecule has 0 unspecified atom stereocenters. The van der Waals surface area contributed by atoms with Crippen LogP contribution < -0.4 is 11.1 Å². The van der Waals surface area contributed by atoms with Gasteiger partial charge in [-0.05, 0) is 13.1 Å². The molecule has 0 aliphatic heterocycles. The molecule has 0 aromatic carbocycles. The van der Waals surface area contributed by atoms with Crippen molar-refractivity contribution in [3.8, 4) is 0 Å². The van der Waals surface area contributed by atoms with Gasteiger partial charge in [-0.25, -0.2) is 4.98 Å². The second kappa shape index (κ2) is 6.07. The summed E-state index contributed by atoms with van der Waals surface area (Å²) in [5.41, 5.74) is 6.72. The SMILES string of the molecule is CNC(=O)CCN(C)Cc1cccnc1N. The van der Waals surface area contributed by atoms with Gasteiger partial charge >= 0.3 is 0 Å². The second-order valence-electron chi connectivity index (χ2n) is 3.71. The summed E-state index contributed by atoms with van der Waals surface area (Å²) in [6.07, 6.45) is 2.16. The average molecular weight is 222 g/mol. The number of hydrogen-bond acceptors (Lipinski definition) is 4. The Bertz CT molecular complexity index is 354. The Morgan fingerprint density at radius 2 is 2.38 bits per heavy atom. The van der Waals surface area contributed by atoms with Gasteiger partial charge in [0.25, 0.3) is 0 Å². The van der Waals surface area contributed by atoms with Crippen LogP contribution in [0.3, 0.4) is 0 Å². The van der Waals surface area contributed by atoms with Crippen LogP contribution in [-0.2, 0) is 11.3 Å². The summed E-state index contributed by atoms with van der Waals surface area (Å²) in [5.74, 6) is 0.598. The molecule has 1 heterocycles. The topological polar surface area (TPSA) is 71.2 Å². The fourth-order valence-electron chi connectivity index (χ4n) is 1.37. The largest absolute Gasteiger partial charge is 0.383 e. The number of carbonyl (C=O) groups excluding carboxylic acids is 1. The summed E-state index contributed by atoms with van der Waals surface area (Å²) in [4.78, 5) is 17.1. The van der Waals surface area contributed by atoms with Crippen LogP contribution in [0.1, 0.15) is 12.0 Å². The van der Waals surface area contributed by atoms with E-state index in [1.54, 1.807) is 13.2 Å². The predicted molar refractivity (Wildman–Crippen MR) is 63.7 cm³/mol. The van der Waals surface area contributed by atoms with Crippen molar-refractivity contribution in [2.45, 2.75) is 13.0 Å². The molecule has 3 N–H and O–H groups in total. The first kappa shape index (κ1) is 12.4. The van der Waals surface area contributed by atoms with Crippen molar-refractivity contribution in [3.63, 3.8) is 0 Å². The maximum atomic E-state index is 11.1. The second-order valence-corrected chi connectivity index (χ2v) is 3.71. The maximum absolute atomic E-state index is 11.1. The average Bonchev–Trinajstić information content (AvgIpc) is 2.29. The minimum Gasteiger partial charge on any atom is -0.383 e. The molecule has 5 nitrogen and oxygen atoms in total. The normalized spacial score (nSPS) is 10.4. The van der Waals surface area contributed by atoms with Crippen molar-refractivity contribution in [2.24, 2.45) is 0 Å². The zero-order valence-corrected chi connectivity index (χ0v) is 9.73. The molecule has 0 aliphatic rings. The van der Waals surface area contributed by atoms with Gasteiger partial charge in [-0.3, -0.25) is 4.79 Å². The van der Waals surface area contributed by atoms with Crippen molar-refractivity contribution in [1.29, 1.82) is 0 Å². The summed E-state index contributed by atoms with van der Waals surface area (Å²) >= 11 is 0. The van der Waals surface area contributed by atoms with Crippen molar-refractivity contribution in [1.82, 2.24) is 15.2 Å². The Kier molecular flexibility index (Phi) is 4.72. The molecule has 0 bridgehead atoms. The molecule has 0 aliphatic carbocycles. The number of nitrogen functional groups attached to an aromatic ring is 1. The Balaban J connectivity index is 2.43. The van der Waals surface area contributed by atoms with Crippen LogP contribution in [0.25, 0.3) is 0 Å². The first-order valence-electron chi connectivity index (χ1n) is 5.22. The molecule has 0 spiro atoms. The number of anilines is 1. The highest BCUT2D eigenvalue weighted by Gasteiger charge is 2.05. The van der Waals surface area contributed by atoms with Gasteiger partial charge in [0.1, 0.15) is 5.82 Å². The monoisotopic (exact) mass is 222 g/mol. The van der Waals surface area contributed by atoms with Crippen molar-refractivity contribution < 1.29 is 4.79 Å². The Hall–Kier alpha value is -1.62. The third-order valence-corrected chi connectivity index (χ3v) is 2.37. The molecule has 0 fully saturated rings. The molecule has 1 aromatic rings. The first-order valence-corrected chi connectivity index (χ1v) is 5.22. The lowest BCUT2D eigenvalue weighted by atomic mass is 10.2. The fourth-order valence-corrected chi connectivity index (χ4v) is 1.37. The zero-order chi connectivity index (χ0) is 12.0. The molecule has 0 saturated carbocycles. The van der Waals surface area contributed by atoms with Crippen LogP contribution in [0, 0.1) is 0 Å². The number of pyridine rings is 1. The minimum absolute atomic E-state index is 0.0472. The summed E-state index contributed by atoms with van der Waals surface area (Å²) in [5, 5.41) is 2.59. The molecule has 0 radical (unpaired) electrons. The van der Waals surface area contributed by atoms with Gasteiger partial charge in [0.15, 0.2) is 0 Å². The molecule has 0 saturated heterocycles. The lowest BCUT2D eigenvalue weighted by molar-refractivity contribution is -0.120. The van der Waals surface area contributed by atoms with E-state index in [4.69, 9.17) is 5.73 Å². The van der Waals surface area contributed by atoms with E-state index in [0.717, 1.165) is 5.56 Å². The van der Waals surface area contributed by atoms with E-state index in [9.17, 15) is 4.79 Å². The number of hydrogen-bond donors (Lipinski definition) is 2. The van der Waals surface area contributed by atoms with E-state index in [2.05, 4.69) is 10.3 Å². The Labute approximate surface area is 95.7 Å².